The monoisotopic (exact) mass is 321 g/mol. The van der Waals surface area contributed by atoms with E-state index in [1.54, 1.807) is 24.3 Å². The predicted molar refractivity (Wildman–Crippen MR) is 81.6 cm³/mol. The predicted octanol–water partition coefficient (Wildman–Crippen LogP) is 2.24. The van der Waals surface area contributed by atoms with Crippen molar-refractivity contribution in [1.29, 1.82) is 0 Å². The van der Waals surface area contributed by atoms with E-state index in [1.165, 1.54) is 24.3 Å². The zero-order valence-corrected chi connectivity index (χ0v) is 12.8. The van der Waals surface area contributed by atoms with Gasteiger partial charge in [0, 0.05) is 18.6 Å². The molecular weight excluding hydrogens is 305 g/mol. The number of amides is 1. The number of hydrogen-bond acceptors (Lipinski definition) is 3. The van der Waals surface area contributed by atoms with Crippen molar-refractivity contribution < 1.29 is 17.6 Å². The van der Waals surface area contributed by atoms with Crippen LogP contribution in [-0.2, 0) is 14.6 Å². The van der Waals surface area contributed by atoms with Crippen LogP contribution in [0.2, 0.25) is 0 Å². The molecule has 0 aliphatic heterocycles. The molecule has 0 saturated carbocycles. The number of carbonyl (C=O) groups excluding carboxylic acids is 1. The lowest BCUT2D eigenvalue weighted by molar-refractivity contribution is -0.118. The second-order valence-corrected chi connectivity index (χ2v) is 7.13. The Bertz CT molecular complexity index is 768. The Hall–Kier alpha value is -2.21. The summed E-state index contributed by atoms with van der Waals surface area (Å²) < 4.78 is 36.0. The van der Waals surface area contributed by atoms with E-state index in [0.29, 0.717) is 0 Å². The highest BCUT2D eigenvalue weighted by molar-refractivity contribution is 7.90. The molecule has 4 nitrogen and oxygen atoms in total. The van der Waals surface area contributed by atoms with Crippen LogP contribution in [0.3, 0.4) is 0 Å². The molecule has 0 spiro atoms. The minimum atomic E-state index is -3.28. The summed E-state index contributed by atoms with van der Waals surface area (Å²) in [6.45, 7) is 0. The lowest BCUT2D eigenvalue weighted by atomic mass is 9.88. The topological polar surface area (TPSA) is 77.2 Å². The number of rotatable bonds is 5. The van der Waals surface area contributed by atoms with E-state index in [2.05, 4.69) is 0 Å². The summed E-state index contributed by atoms with van der Waals surface area (Å²) in [5.41, 5.74) is 6.78. The van der Waals surface area contributed by atoms with Gasteiger partial charge in [0.15, 0.2) is 9.84 Å². The van der Waals surface area contributed by atoms with E-state index < -0.39 is 15.7 Å². The van der Waals surface area contributed by atoms with Crippen molar-refractivity contribution in [2.24, 2.45) is 5.73 Å². The van der Waals surface area contributed by atoms with Crippen molar-refractivity contribution >= 4 is 15.7 Å². The van der Waals surface area contributed by atoms with E-state index in [4.69, 9.17) is 5.73 Å². The molecule has 0 aliphatic rings. The first kappa shape index (κ1) is 16.2. The van der Waals surface area contributed by atoms with E-state index in [-0.39, 0.29) is 23.1 Å². The molecule has 2 aromatic rings. The maximum Gasteiger partial charge on any atom is 0.218 e. The quantitative estimate of drug-likeness (QED) is 0.917. The molecule has 0 fully saturated rings. The third-order valence-corrected chi connectivity index (χ3v) is 4.52. The van der Waals surface area contributed by atoms with Crippen LogP contribution in [0.4, 0.5) is 4.39 Å². The number of hydrogen-bond donors (Lipinski definition) is 1. The molecule has 2 N–H and O–H groups in total. The standard InChI is InChI=1S/C16H16FNO3S/c1-22(20,21)14-8-4-12(5-9-14)15(10-16(18)19)11-2-6-13(17)7-3-11/h2-9,15H,10H2,1H3,(H2,18,19). The molecule has 2 rings (SSSR count). The fraction of sp³-hybridized carbons (Fsp3) is 0.188. The fourth-order valence-electron chi connectivity index (χ4n) is 2.27. The zero-order valence-electron chi connectivity index (χ0n) is 12.0. The number of primary amides is 1. The highest BCUT2D eigenvalue weighted by Gasteiger charge is 2.18. The fourth-order valence-corrected chi connectivity index (χ4v) is 2.90. The second kappa shape index (κ2) is 6.27. The van der Waals surface area contributed by atoms with Crippen LogP contribution in [0.25, 0.3) is 0 Å². The molecular formula is C16H16FNO3S. The summed E-state index contributed by atoms with van der Waals surface area (Å²) >= 11 is 0. The zero-order chi connectivity index (χ0) is 16.3. The highest BCUT2D eigenvalue weighted by Crippen LogP contribution is 2.28. The molecule has 22 heavy (non-hydrogen) atoms. The first-order chi connectivity index (χ1) is 10.3. The van der Waals surface area contributed by atoms with Crippen molar-refractivity contribution in [1.82, 2.24) is 0 Å². The van der Waals surface area contributed by atoms with Gasteiger partial charge in [-0.3, -0.25) is 4.79 Å². The summed E-state index contributed by atoms with van der Waals surface area (Å²) in [7, 11) is -3.28. The van der Waals surface area contributed by atoms with Crippen molar-refractivity contribution in [2.45, 2.75) is 17.2 Å². The molecule has 1 amide bonds. The molecule has 0 radical (unpaired) electrons. The third-order valence-electron chi connectivity index (χ3n) is 3.39. The summed E-state index contributed by atoms with van der Waals surface area (Å²) in [6.07, 6.45) is 1.19. The molecule has 1 atom stereocenters. The lowest BCUT2D eigenvalue weighted by Gasteiger charge is -2.17. The molecule has 0 aromatic heterocycles. The van der Waals surface area contributed by atoms with Crippen molar-refractivity contribution in [3.63, 3.8) is 0 Å². The Labute approximate surface area is 128 Å². The second-order valence-electron chi connectivity index (χ2n) is 5.12. The molecule has 0 bridgehead atoms. The smallest absolute Gasteiger partial charge is 0.218 e. The number of benzene rings is 2. The average Bonchev–Trinajstić information content (AvgIpc) is 2.45. The highest BCUT2D eigenvalue weighted by atomic mass is 32.2. The van der Waals surface area contributed by atoms with Gasteiger partial charge < -0.3 is 5.73 Å². The van der Waals surface area contributed by atoms with Gasteiger partial charge in [0.1, 0.15) is 5.82 Å². The van der Waals surface area contributed by atoms with Gasteiger partial charge >= 0.3 is 0 Å². The molecule has 116 valence electrons. The first-order valence-electron chi connectivity index (χ1n) is 6.61. The van der Waals surface area contributed by atoms with Gasteiger partial charge in [-0.2, -0.15) is 0 Å². The lowest BCUT2D eigenvalue weighted by Crippen LogP contribution is -2.16. The number of nitrogens with two attached hydrogens (primary N) is 1. The first-order valence-corrected chi connectivity index (χ1v) is 8.50. The number of sulfone groups is 1. The van der Waals surface area contributed by atoms with Crippen molar-refractivity contribution in [3.8, 4) is 0 Å². The van der Waals surface area contributed by atoms with Crippen LogP contribution >= 0.6 is 0 Å². The van der Waals surface area contributed by atoms with Crippen LogP contribution in [0, 0.1) is 5.82 Å². The van der Waals surface area contributed by atoms with Gasteiger partial charge in [-0.1, -0.05) is 24.3 Å². The summed E-state index contributed by atoms with van der Waals surface area (Å²) in [4.78, 5) is 11.5. The van der Waals surface area contributed by atoms with E-state index in [1.807, 2.05) is 0 Å². The Kier molecular flexibility index (Phi) is 4.61. The SMILES string of the molecule is CS(=O)(=O)c1ccc(C(CC(N)=O)c2ccc(F)cc2)cc1. The van der Waals surface area contributed by atoms with E-state index in [9.17, 15) is 17.6 Å². The summed E-state index contributed by atoms with van der Waals surface area (Å²) in [6, 6.07) is 12.1. The van der Waals surface area contributed by atoms with Crippen LogP contribution in [0.15, 0.2) is 53.4 Å². The maximum absolute atomic E-state index is 13.0. The van der Waals surface area contributed by atoms with Crippen LogP contribution in [0.1, 0.15) is 23.5 Å². The van der Waals surface area contributed by atoms with Gasteiger partial charge in [-0.15, -0.1) is 0 Å². The van der Waals surface area contributed by atoms with Crippen molar-refractivity contribution in [3.05, 3.63) is 65.5 Å². The summed E-state index contributed by atoms with van der Waals surface area (Å²) in [5, 5.41) is 0. The van der Waals surface area contributed by atoms with Crippen LogP contribution < -0.4 is 5.73 Å². The molecule has 6 heteroatoms. The van der Waals surface area contributed by atoms with Crippen LogP contribution in [0.5, 0.6) is 0 Å². The van der Waals surface area contributed by atoms with Crippen LogP contribution in [-0.4, -0.2) is 20.6 Å². The number of halogens is 1. The van der Waals surface area contributed by atoms with E-state index in [0.717, 1.165) is 17.4 Å². The normalized spacial score (nSPS) is 12.8. The molecule has 0 heterocycles. The minimum Gasteiger partial charge on any atom is -0.370 e. The van der Waals surface area contributed by atoms with Gasteiger partial charge in [0.25, 0.3) is 0 Å². The van der Waals surface area contributed by atoms with Crippen molar-refractivity contribution in [2.75, 3.05) is 6.26 Å². The Balaban J connectivity index is 2.41. The largest absolute Gasteiger partial charge is 0.370 e. The molecule has 0 aliphatic carbocycles. The third kappa shape index (κ3) is 3.92. The molecule has 1 unspecified atom stereocenters. The van der Waals surface area contributed by atoms with E-state index >= 15 is 0 Å². The van der Waals surface area contributed by atoms with Gasteiger partial charge in [0.05, 0.1) is 4.90 Å². The van der Waals surface area contributed by atoms with Gasteiger partial charge in [0.2, 0.25) is 5.91 Å². The molecule has 2 aromatic carbocycles. The average molecular weight is 321 g/mol. The Morgan fingerprint density at radius 2 is 1.50 bits per heavy atom. The summed E-state index contributed by atoms with van der Waals surface area (Å²) in [5.74, 6) is -1.19. The van der Waals surface area contributed by atoms with Gasteiger partial charge in [-0.05, 0) is 35.4 Å². The van der Waals surface area contributed by atoms with Gasteiger partial charge in [-0.25, -0.2) is 12.8 Å². The Morgan fingerprint density at radius 3 is 1.91 bits per heavy atom. The Morgan fingerprint density at radius 1 is 1.05 bits per heavy atom. The molecule has 0 saturated heterocycles. The number of carbonyl (C=O) groups is 1. The maximum atomic E-state index is 13.0. The minimum absolute atomic E-state index is 0.0594.